The van der Waals surface area contributed by atoms with Crippen molar-refractivity contribution >= 4 is 5.96 Å². The first-order valence-electron chi connectivity index (χ1n) is 11.9. The zero-order chi connectivity index (χ0) is 21.2. The summed E-state index contributed by atoms with van der Waals surface area (Å²) in [5, 5.41) is 7.06. The molecule has 2 N–H and O–H groups in total. The van der Waals surface area contributed by atoms with Gasteiger partial charge >= 0.3 is 0 Å². The molecule has 2 atom stereocenters. The van der Waals surface area contributed by atoms with Crippen LogP contribution in [-0.2, 0) is 0 Å². The second kappa shape index (κ2) is 12.2. The molecule has 2 aliphatic heterocycles. The predicted octanol–water partition coefficient (Wildman–Crippen LogP) is 3.12. The molecule has 2 heterocycles. The number of hydrogen-bond acceptors (Lipinski definition) is 4. The summed E-state index contributed by atoms with van der Waals surface area (Å²) < 4.78 is 5.67. The predicted molar refractivity (Wildman–Crippen MR) is 125 cm³/mol. The van der Waals surface area contributed by atoms with Crippen LogP contribution < -0.4 is 15.4 Å². The Bertz CT molecular complexity index is 659. The monoisotopic (exact) mass is 415 g/mol. The Kier molecular flexibility index (Phi) is 9.27. The summed E-state index contributed by atoms with van der Waals surface area (Å²) in [4.78, 5) is 10.2. The van der Waals surface area contributed by atoms with Gasteiger partial charge in [-0.2, -0.15) is 0 Å². The topological polar surface area (TPSA) is 52.1 Å². The molecular formula is C24H41N5O. The van der Waals surface area contributed by atoms with Crippen molar-refractivity contribution in [2.24, 2.45) is 10.9 Å². The van der Waals surface area contributed by atoms with Crippen LogP contribution in [0.5, 0.6) is 5.75 Å². The Balaban J connectivity index is 1.65. The van der Waals surface area contributed by atoms with E-state index in [0.29, 0.717) is 5.92 Å². The van der Waals surface area contributed by atoms with Gasteiger partial charge in [-0.25, -0.2) is 0 Å². The number of methoxy groups -OCH3 is 1. The van der Waals surface area contributed by atoms with Crippen LogP contribution >= 0.6 is 0 Å². The number of benzene rings is 1. The van der Waals surface area contributed by atoms with Crippen molar-refractivity contribution in [2.45, 2.75) is 45.6 Å². The van der Waals surface area contributed by atoms with E-state index in [1.807, 2.05) is 6.07 Å². The lowest BCUT2D eigenvalue weighted by Gasteiger charge is -2.28. The molecular weight excluding hydrogens is 374 g/mol. The van der Waals surface area contributed by atoms with Gasteiger partial charge in [-0.1, -0.05) is 25.1 Å². The van der Waals surface area contributed by atoms with Crippen molar-refractivity contribution in [3.8, 4) is 5.75 Å². The van der Waals surface area contributed by atoms with Gasteiger partial charge in [-0.15, -0.1) is 0 Å². The largest absolute Gasteiger partial charge is 0.496 e. The van der Waals surface area contributed by atoms with Crippen molar-refractivity contribution in [3.05, 3.63) is 29.8 Å². The Morgan fingerprint density at radius 1 is 1.17 bits per heavy atom. The zero-order valence-corrected chi connectivity index (χ0v) is 19.2. The van der Waals surface area contributed by atoms with E-state index in [4.69, 9.17) is 9.73 Å². The van der Waals surface area contributed by atoms with E-state index < -0.39 is 0 Å². The second-order valence-electron chi connectivity index (χ2n) is 8.56. The minimum atomic E-state index is 0.255. The van der Waals surface area contributed by atoms with Gasteiger partial charge in [-0.05, 0) is 70.8 Å². The van der Waals surface area contributed by atoms with Crippen LogP contribution in [0.15, 0.2) is 29.3 Å². The van der Waals surface area contributed by atoms with Crippen molar-refractivity contribution in [3.63, 3.8) is 0 Å². The lowest BCUT2D eigenvalue weighted by molar-refractivity contribution is 0.245. The third-order valence-corrected chi connectivity index (χ3v) is 6.31. The minimum Gasteiger partial charge on any atom is -0.496 e. The van der Waals surface area contributed by atoms with Gasteiger partial charge in [0.1, 0.15) is 5.75 Å². The molecule has 0 amide bonds. The molecule has 6 nitrogen and oxygen atoms in total. The number of para-hydroxylation sites is 1. The van der Waals surface area contributed by atoms with Crippen molar-refractivity contribution in [1.82, 2.24) is 20.4 Å². The minimum absolute atomic E-state index is 0.255. The number of likely N-dealkylation sites (tertiary alicyclic amines) is 2. The summed E-state index contributed by atoms with van der Waals surface area (Å²) in [6, 6.07) is 8.66. The number of nitrogens with zero attached hydrogens (tertiary/aromatic N) is 3. The summed E-state index contributed by atoms with van der Waals surface area (Å²) in [5.74, 6) is 2.61. The van der Waals surface area contributed by atoms with Crippen LogP contribution in [0.1, 0.15) is 51.1 Å². The maximum atomic E-state index is 5.67. The lowest BCUT2D eigenvalue weighted by Crippen LogP contribution is -2.41. The van der Waals surface area contributed by atoms with Crippen molar-refractivity contribution in [2.75, 3.05) is 59.5 Å². The molecule has 6 heteroatoms. The summed E-state index contributed by atoms with van der Waals surface area (Å²) in [5.41, 5.74) is 1.24. The third-order valence-electron chi connectivity index (χ3n) is 6.31. The maximum absolute atomic E-state index is 5.67. The van der Waals surface area contributed by atoms with Crippen molar-refractivity contribution in [1.29, 1.82) is 0 Å². The standard InChI is InChI=1S/C24H41N5O/c1-4-13-28-16-12-20(19-28)17-26-24(25-5-2)27-18-22(29-14-8-9-15-29)21-10-6-7-11-23(21)30-3/h6-7,10-11,20,22H,4-5,8-9,12-19H2,1-3H3,(H2,25,26,27). The molecule has 1 aromatic carbocycles. The molecule has 2 fully saturated rings. The quantitative estimate of drug-likeness (QED) is 0.454. The molecule has 3 rings (SSSR count). The first-order valence-corrected chi connectivity index (χ1v) is 11.9. The fourth-order valence-corrected chi connectivity index (χ4v) is 4.76. The first-order chi connectivity index (χ1) is 14.7. The average molecular weight is 416 g/mol. The molecule has 0 saturated carbocycles. The summed E-state index contributed by atoms with van der Waals surface area (Å²) in [6.07, 6.45) is 5.06. The van der Waals surface area contributed by atoms with E-state index in [9.17, 15) is 0 Å². The number of nitrogens with one attached hydrogen (secondary N) is 2. The van der Waals surface area contributed by atoms with E-state index in [0.717, 1.165) is 44.4 Å². The van der Waals surface area contributed by atoms with Crippen LogP contribution in [0.3, 0.4) is 0 Å². The Morgan fingerprint density at radius 3 is 2.70 bits per heavy atom. The molecule has 0 aromatic heterocycles. The third kappa shape index (κ3) is 6.35. The van der Waals surface area contributed by atoms with E-state index in [1.165, 1.54) is 50.9 Å². The highest BCUT2D eigenvalue weighted by Gasteiger charge is 2.26. The number of ether oxygens (including phenoxy) is 1. The van der Waals surface area contributed by atoms with Gasteiger partial charge in [0, 0.05) is 25.2 Å². The fraction of sp³-hybridized carbons (Fsp3) is 0.708. The van der Waals surface area contributed by atoms with Crippen LogP contribution in [0.2, 0.25) is 0 Å². The summed E-state index contributed by atoms with van der Waals surface area (Å²) in [7, 11) is 1.76. The highest BCUT2D eigenvalue weighted by Crippen LogP contribution is 2.31. The Labute approximate surface area is 183 Å². The zero-order valence-electron chi connectivity index (χ0n) is 19.2. The van der Waals surface area contributed by atoms with Gasteiger partial charge in [-0.3, -0.25) is 9.89 Å². The van der Waals surface area contributed by atoms with Crippen LogP contribution in [0.25, 0.3) is 0 Å². The van der Waals surface area contributed by atoms with E-state index in [1.54, 1.807) is 7.11 Å². The van der Waals surface area contributed by atoms with Gasteiger partial charge in [0.2, 0.25) is 0 Å². The molecule has 0 spiro atoms. The van der Waals surface area contributed by atoms with Crippen LogP contribution in [0.4, 0.5) is 0 Å². The molecule has 30 heavy (non-hydrogen) atoms. The van der Waals surface area contributed by atoms with Crippen LogP contribution in [0, 0.1) is 5.92 Å². The smallest absolute Gasteiger partial charge is 0.191 e. The fourth-order valence-electron chi connectivity index (χ4n) is 4.76. The van der Waals surface area contributed by atoms with Gasteiger partial charge in [0.15, 0.2) is 5.96 Å². The SMILES string of the molecule is CCCN1CCC(CNC(=NCC(c2ccccc2OC)N2CCCC2)NCC)C1. The normalized spacial score (nSPS) is 21.7. The first kappa shape index (κ1) is 22.9. The molecule has 2 unspecified atom stereocenters. The van der Waals surface area contributed by atoms with E-state index in [-0.39, 0.29) is 6.04 Å². The van der Waals surface area contributed by atoms with E-state index in [2.05, 4.69) is 52.5 Å². The average Bonchev–Trinajstić information content (AvgIpc) is 3.45. The van der Waals surface area contributed by atoms with E-state index >= 15 is 0 Å². The maximum Gasteiger partial charge on any atom is 0.191 e. The number of aliphatic imine (C=N–C) groups is 1. The Hall–Kier alpha value is -1.79. The van der Waals surface area contributed by atoms with Gasteiger partial charge in [0.05, 0.1) is 19.7 Å². The molecule has 0 radical (unpaired) electrons. The molecule has 0 aliphatic carbocycles. The highest BCUT2D eigenvalue weighted by atomic mass is 16.5. The van der Waals surface area contributed by atoms with Gasteiger partial charge < -0.3 is 20.3 Å². The number of rotatable bonds is 10. The Morgan fingerprint density at radius 2 is 1.97 bits per heavy atom. The molecule has 2 aliphatic rings. The molecule has 168 valence electrons. The second-order valence-corrected chi connectivity index (χ2v) is 8.56. The lowest BCUT2D eigenvalue weighted by atomic mass is 10.0. The summed E-state index contributed by atoms with van der Waals surface area (Å²) >= 11 is 0. The molecule has 1 aromatic rings. The number of hydrogen-bond donors (Lipinski definition) is 2. The highest BCUT2D eigenvalue weighted by molar-refractivity contribution is 5.79. The summed E-state index contributed by atoms with van der Waals surface area (Å²) in [6.45, 7) is 12.9. The molecule has 2 saturated heterocycles. The molecule has 0 bridgehead atoms. The van der Waals surface area contributed by atoms with Crippen molar-refractivity contribution < 1.29 is 4.74 Å². The van der Waals surface area contributed by atoms with Crippen LogP contribution in [-0.4, -0.2) is 75.2 Å². The number of guanidine groups is 1. The van der Waals surface area contributed by atoms with Gasteiger partial charge in [0.25, 0.3) is 0 Å².